The van der Waals surface area contributed by atoms with Gasteiger partial charge in [0.1, 0.15) is 0 Å². The molecular weight excluding hydrogens is 127 g/mol. The Bertz CT molecular complexity index is 53.7. The highest BCUT2D eigenvalue weighted by atomic mass is 19.1. The minimum atomic E-state index is -0.142. The monoisotopic (exact) mass is 146 g/mol. The molecule has 0 rings (SSSR count). The Morgan fingerprint density at radius 2 is 1.80 bits per heavy atom. The molecule has 0 aromatic heterocycles. The third-order valence-electron chi connectivity index (χ3n) is 1.88. The van der Waals surface area contributed by atoms with Gasteiger partial charge in [-0.25, -0.2) is 0 Å². The van der Waals surface area contributed by atoms with Crippen LogP contribution in [0.2, 0.25) is 0 Å². The lowest BCUT2D eigenvalue weighted by molar-refractivity contribution is 0.398. The Morgan fingerprint density at radius 3 is 2.30 bits per heavy atom. The first-order chi connectivity index (χ1) is 4.81. The van der Waals surface area contributed by atoms with E-state index in [0.29, 0.717) is 0 Å². The van der Waals surface area contributed by atoms with E-state index in [1.165, 1.54) is 19.3 Å². The molecule has 0 radical (unpaired) electrons. The smallest absolute Gasteiger partial charge is 0.0894 e. The van der Waals surface area contributed by atoms with Gasteiger partial charge in [0.05, 0.1) is 6.67 Å². The molecule has 1 heteroatoms. The Hall–Kier alpha value is -0.0700. The van der Waals surface area contributed by atoms with Gasteiger partial charge in [0.15, 0.2) is 0 Å². The fraction of sp³-hybridized carbons (Fsp3) is 1.00. The van der Waals surface area contributed by atoms with Crippen LogP contribution in [0, 0.1) is 5.92 Å². The first-order valence-corrected chi connectivity index (χ1v) is 4.37. The predicted octanol–water partition coefficient (Wildman–Crippen LogP) is 3.56. The van der Waals surface area contributed by atoms with Crippen molar-refractivity contribution < 1.29 is 4.39 Å². The second-order valence-electron chi connectivity index (χ2n) is 3.08. The fourth-order valence-electron chi connectivity index (χ4n) is 1.12. The number of rotatable bonds is 6. The van der Waals surface area contributed by atoms with Gasteiger partial charge >= 0.3 is 0 Å². The predicted molar refractivity (Wildman–Crippen MR) is 43.9 cm³/mol. The summed E-state index contributed by atoms with van der Waals surface area (Å²) >= 11 is 0. The van der Waals surface area contributed by atoms with Gasteiger partial charge in [0.2, 0.25) is 0 Å². The molecule has 0 bridgehead atoms. The summed E-state index contributed by atoms with van der Waals surface area (Å²) in [6.07, 6.45) is 5.66. The number of halogens is 1. The first-order valence-electron chi connectivity index (χ1n) is 4.37. The molecule has 0 spiro atoms. The van der Waals surface area contributed by atoms with Crippen molar-refractivity contribution in [3.63, 3.8) is 0 Å². The largest absolute Gasteiger partial charge is 0.251 e. The van der Waals surface area contributed by atoms with Crippen molar-refractivity contribution in [2.24, 2.45) is 5.92 Å². The molecule has 0 aliphatic rings. The summed E-state index contributed by atoms with van der Waals surface area (Å²) in [5.41, 5.74) is 0. The molecule has 1 unspecified atom stereocenters. The Labute approximate surface area is 63.8 Å². The number of unbranched alkanes of at least 4 members (excludes halogenated alkanes) is 1. The van der Waals surface area contributed by atoms with Crippen LogP contribution in [0.4, 0.5) is 4.39 Å². The molecule has 10 heavy (non-hydrogen) atoms. The summed E-state index contributed by atoms with van der Waals surface area (Å²) in [5, 5.41) is 0. The Kier molecular flexibility index (Phi) is 6.99. The maximum absolute atomic E-state index is 11.7. The van der Waals surface area contributed by atoms with Crippen LogP contribution in [0.3, 0.4) is 0 Å². The van der Waals surface area contributed by atoms with Gasteiger partial charge in [-0.3, -0.25) is 4.39 Å². The van der Waals surface area contributed by atoms with E-state index < -0.39 is 0 Å². The minimum absolute atomic E-state index is 0.142. The lowest BCUT2D eigenvalue weighted by Crippen LogP contribution is -1.94. The van der Waals surface area contributed by atoms with Crippen molar-refractivity contribution in [1.82, 2.24) is 0 Å². The van der Waals surface area contributed by atoms with Crippen molar-refractivity contribution >= 4 is 0 Å². The average molecular weight is 146 g/mol. The van der Waals surface area contributed by atoms with E-state index in [2.05, 4.69) is 13.8 Å². The quantitative estimate of drug-likeness (QED) is 0.537. The zero-order chi connectivity index (χ0) is 7.82. The molecule has 0 aromatic carbocycles. The van der Waals surface area contributed by atoms with Gasteiger partial charge in [0.25, 0.3) is 0 Å². The summed E-state index contributed by atoms with van der Waals surface area (Å²) in [7, 11) is 0. The molecule has 62 valence electrons. The van der Waals surface area contributed by atoms with Gasteiger partial charge in [-0.05, 0) is 18.8 Å². The first kappa shape index (κ1) is 9.93. The van der Waals surface area contributed by atoms with E-state index in [0.717, 1.165) is 18.8 Å². The summed E-state index contributed by atoms with van der Waals surface area (Å²) in [5.74, 6) is 0.732. The molecule has 1 atom stereocenters. The standard InChI is InChI=1S/C9H19F/c1-3-4-6-9(2)7-5-8-10/h9H,3-8H2,1-2H3. The van der Waals surface area contributed by atoms with Gasteiger partial charge in [0, 0.05) is 0 Å². The molecule has 0 aliphatic heterocycles. The SMILES string of the molecule is CCCCC(C)CCCF. The zero-order valence-corrected chi connectivity index (χ0v) is 7.20. The van der Waals surface area contributed by atoms with E-state index >= 15 is 0 Å². The van der Waals surface area contributed by atoms with E-state index in [1.54, 1.807) is 0 Å². The molecule has 0 saturated heterocycles. The summed E-state index contributed by atoms with van der Waals surface area (Å²) < 4.78 is 11.7. The summed E-state index contributed by atoms with van der Waals surface area (Å²) in [6.45, 7) is 4.27. The van der Waals surface area contributed by atoms with Crippen molar-refractivity contribution in [3.05, 3.63) is 0 Å². The zero-order valence-electron chi connectivity index (χ0n) is 7.20. The van der Waals surface area contributed by atoms with Crippen LogP contribution in [0.15, 0.2) is 0 Å². The van der Waals surface area contributed by atoms with Gasteiger partial charge in [-0.2, -0.15) is 0 Å². The van der Waals surface area contributed by atoms with Crippen LogP contribution in [0.25, 0.3) is 0 Å². The van der Waals surface area contributed by atoms with E-state index in [4.69, 9.17) is 0 Å². The van der Waals surface area contributed by atoms with Crippen molar-refractivity contribution in [2.75, 3.05) is 6.67 Å². The topological polar surface area (TPSA) is 0 Å². The van der Waals surface area contributed by atoms with Crippen molar-refractivity contribution in [3.8, 4) is 0 Å². The molecule has 0 aliphatic carbocycles. The maximum atomic E-state index is 11.7. The second-order valence-corrected chi connectivity index (χ2v) is 3.08. The van der Waals surface area contributed by atoms with Crippen LogP contribution in [0.5, 0.6) is 0 Å². The van der Waals surface area contributed by atoms with Gasteiger partial charge in [-0.1, -0.05) is 33.1 Å². The third-order valence-corrected chi connectivity index (χ3v) is 1.88. The lowest BCUT2D eigenvalue weighted by Gasteiger charge is -2.07. The Morgan fingerprint density at radius 1 is 1.20 bits per heavy atom. The maximum Gasteiger partial charge on any atom is 0.0894 e. The van der Waals surface area contributed by atoms with Gasteiger partial charge < -0.3 is 0 Å². The number of alkyl halides is 1. The highest BCUT2D eigenvalue weighted by Gasteiger charge is 1.99. The highest BCUT2D eigenvalue weighted by molar-refractivity contribution is 4.52. The van der Waals surface area contributed by atoms with Crippen LogP contribution in [0.1, 0.15) is 46.0 Å². The van der Waals surface area contributed by atoms with Crippen LogP contribution >= 0.6 is 0 Å². The summed E-state index contributed by atoms with van der Waals surface area (Å²) in [6, 6.07) is 0. The Balaban J connectivity index is 3.00. The van der Waals surface area contributed by atoms with Crippen molar-refractivity contribution in [2.45, 2.75) is 46.0 Å². The molecule has 0 heterocycles. The minimum Gasteiger partial charge on any atom is -0.251 e. The highest BCUT2D eigenvalue weighted by Crippen LogP contribution is 2.13. The van der Waals surface area contributed by atoms with Crippen molar-refractivity contribution in [1.29, 1.82) is 0 Å². The van der Waals surface area contributed by atoms with E-state index in [-0.39, 0.29) is 6.67 Å². The molecule has 0 saturated carbocycles. The number of hydrogen-bond donors (Lipinski definition) is 0. The average Bonchev–Trinajstić information content (AvgIpc) is 1.97. The molecule has 0 N–H and O–H groups in total. The summed E-state index contributed by atoms with van der Waals surface area (Å²) in [4.78, 5) is 0. The van der Waals surface area contributed by atoms with Gasteiger partial charge in [-0.15, -0.1) is 0 Å². The second kappa shape index (κ2) is 7.04. The normalized spacial score (nSPS) is 13.5. The molecular formula is C9H19F. The van der Waals surface area contributed by atoms with Crippen LogP contribution in [-0.2, 0) is 0 Å². The molecule has 0 amide bonds. The van der Waals surface area contributed by atoms with E-state index in [1.807, 2.05) is 0 Å². The third kappa shape index (κ3) is 6.06. The molecule has 0 aromatic rings. The number of hydrogen-bond acceptors (Lipinski definition) is 0. The molecule has 0 fully saturated rings. The lowest BCUT2D eigenvalue weighted by atomic mass is 9.99. The fourth-order valence-corrected chi connectivity index (χ4v) is 1.12. The van der Waals surface area contributed by atoms with Crippen LogP contribution < -0.4 is 0 Å². The molecule has 0 nitrogen and oxygen atoms in total. The van der Waals surface area contributed by atoms with Crippen LogP contribution in [-0.4, -0.2) is 6.67 Å². The van der Waals surface area contributed by atoms with E-state index in [9.17, 15) is 4.39 Å².